The fourth-order valence-corrected chi connectivity index (χ4v) is 4.67. The van der Waals surface area contributed by atoms with Crippen LogP contribution in [0.1, 0.15) is 38.3 Å². The van der Waals surface area contributed by atoms with E-state index in [-0.39, 0.29) is 5.41 Å². The Morgan fingerprint density at radius 2 is 2.24 bits per heavy atom. The summed E-state index contributed by atoms with van der Waals surface area (Å²) < 4.78 is 0. The van der Waals surface area contributed by atoms with E-state index in [4.69, 9.17) is 0 Å². The highest BCUT2D eigenvalue weighted by Gasteiger charge is 2.48. The van der Waals surface area contributed by atoms with Crippen molar-refractivity contribution in [1.29, 1.82) is 0 Å². The minimum atomic E-state index is 0.218. The van der Waals surface area contributed by atoms with E-state index in [0.717, 1.165) is 6.42 Å². The minimum absolute atomic E-state index is 0.218. The van der Waals surface area contributed by atoms with E-state index in [1.165, 1.54) is 30.6 Å². The summed E-state index contributed by atoms with van der Waals surface area (Å²) in [5.74, 6) is 1.06. The Morgan fingerprint density at radius 1 is 1.48 bits per heavy atom. The van der Waals surface area contributed by atoms with Crippen LogP contribution in [-0.2, 0) is 11.8 Å². The van der Waals surface area contributed by atoms with Crippen LogP contribution in [-0.4, -0.2) is 40.6 Å². The first-order valence-corrected chi connectivity index (χ1v) is 9.33. The molecule has 0 amide bonds. The molecule has 1 aliphatic heterocycles. The van der Waals surface area contributed by atoms with E-state index in [0.29, 0.717) is 23.0 Å². The van der Waals surface area contributed by atoms with Crippen molar-refractivity contribution in [2.45, 2.75) is 50.3 Å². The van der Waals surface area contributed by atoms with E-state index < -0.39 is 0 Å². The number of rotatable bonds is 3. The first kappa shape index (κ1) is 15.2. The lowest BCUT2D eigenvalue weighted by Crippen LogP contribution is -2.58. The van der Waals surface area contributed by atoms with E-state index in [9.17, 15) is 5.11 Å². The van der Waals surface area contributed by atoms with Crippen LogP contribution in [0.25, 0.3) is 0 Å². The zero-order chi connectivity index (χ0) is 15.2. The van der Waals surface area contributed by atoms with Gasteiger partial charge in [-0.15, -0.1) is 0 Å². The van der Waals surface area contributed by atoms with Gasteiger partial charge in [0, 0.05) is 17.8 Å². The molecule has 4 atom stereocenters. The Bertz CT molecular complexity index is 532. The van der Waals surface area contributed by atoms with Crippen molar-refractivity contribution in [3.8, 4) is 5.75 Å². The summed E-state index contributed by atoms with van der Waals surface area (Å²) in [5, 5.41) is 10.6. The number of benzene rings is 1. The smallest absolute Gasteiger partial charge is 0.115 e. The Hall–Kier alpha value is -0.670. The summed E-state index contributed by atoms with van der Waals surface area (Å²) in [6.45, 7) is 9.52. The SMILES string of the molecule is CS[C@H](C)CN1CC[C@@]2(C)c3cc(O)ccc3C[C@@H]1[C@H]2C. The summed E-state index contributed by atoms with van der Waals surface area (Å²) >= 11 is 1.96. The Kier molecular flexibility index (Phi) is 4.00. The van der Waals surface area contributed by atoms with Crippen LogP contribution >= 0.6 is 11.8 Å². The lowest BCUT2D eigenvalue weighted by atomic mass is 9.59. The highest BCUT2D eigenvalue weighted by Crippen LogP contribution is 2.49. The molecule has 2 aliphatic rings. The van der Waals surface area contributed by atoms with Gasteiger partial charge < -0.3 is 5.11 Å². The summed E-state index contributed by atoms with van der Waals surface area (Å²) in [7, 11) is 0. The maximum absolute atomic E-state index is 9.88. The van der Waals surface area contributed by atoms with Gasteiger partial charge in [0.25, 0.3) is 0 Å². The van der Waals surface area contributed by atoms with Gasteiger partial charge in [0.05, 0.1) is 0 Å². The zero-order valence-corrected chi connectivity index (χ0v) is 14.4. The van der Waals surface area contributed by atoms with Crippen molar-refractivity contribution in [2.24, 2.45) is 5.92 Å². The van der Waals surface area contributed by atoms with Gasteiger partial charge in [0.1, 0.15) is 5.75 Å². The Balaban J connectivity index is 1.94. The molecule has 3 heteroatoms. The van der Waals surface area contributed by atoms with Crippen LogP contribution in [0.2, 0.25) is 0 Å². The highest BCUT2D eigenvalue weighted by molar-refractivity contribution is 7.99. The number of phenols is 1. The topological polar surface area (TPSA) is 23.5 Å². The second-order valence-corrected chi connectivity index (χ2v) is 8.39. The molecule has 1 saturated heterocycles. The number of thioether (sulfide) groups is 1. The third kappa shape index (κ3) is 2.49. The van der Waals surface area contributed by atoms with Crippen molar-refractivity contribution >= 4 is 11.8 Å². The molecule has 2 nitrogen and oxygen atoms in total. The van der Waals surface area contributed by atoms with Gasteiger partial charge in [-0.3, -0.25) is 4.90 Å². The second kappa shape index (κ2) is 5.51. The van der Waals surface area contributed by atoms with Gasteiger partial charge >= 0.3 is 0 Å². The molecule has 3 rings (SSSR count). The predicted octanol–water partition coefficient (Wildman–Crippen LogP) is 3.67. The highest BCUT2D eigenvalue weighted by atomic mass is 32.2. The number of fused-ring (bicyclic) bond motifs is 4. The lowest BCUT2D eigenvalue weighted by molar-refractivity contribution is 0.0325. The second-order valence-electron chi connectivity index (χ2n) is 7.11. The van der Waals surface area contributed by atoms with Gasteiger partial charge in [-0.25, -0.2) is 0 Å². The van der Waals surface area contributed by atoms with Gasteiger partial charge in [0.15, 0.2) is 0 Å². The van der Waals surface area contributed by atoms with E-state index >= 15 is 0 Å². The van der Waals surface area contributed by atoms with Crippen molar-refractivity contribution < 1.29 is 5.11 Å². The van der Waals surface area contributed by atoms with E-state index in [1.807, 2.05) is 23.9 Å². The summed E-state index contributed by atoms with van der Waals surface area (Å²) in [6.07, 6.45) is 4.54. The molecule has 21 heavy (non-hydrogen) atoms. The van der Waals surface area contributed by atoms with Crippen LogP contribution in [0.15, 0.2) is 18.2 Å². The van der Waals surface area contributed by atoms with Crippen LogP contribution in [0.3, 0.4) is 0 Å². The number of nitrogens with zero attached hydrogens (tertiary/aromatic N) is 1. The summed E-state index contributed by atoms with van der Waals surface area (Å²) in [4.78, 5) is 2.71. The van der Waals surface area contributed by atoms with Crippen molar-refractivity contribution in [3.05, 3.63) is 29.3 Å². The predicted molar refractivity (Wildman–Crippen MR) is 91.3 cm³/mol. The van der Waals surface area contributed by atoms with Crippen molar-refractivity contribution in [2.75, 3.05) is 19.3 Å². The van der Waals surface area contributed by atoms with Crippen LogP contribution < -0.4 is 0 Å². The molecule has 2 bridgehead atoms. The fourth-order valence-electron chi connectivity index (χ4n) is 4.33. The van der Waals surface area contributed by atoms with Crippen LogP contribution in [0, 0.1) is 5.92 Å². The molecule has 0 unspecified atom stereocenters. The normalized spacial score (nSPS) is 33.5. The van der Waals surface area contributed by atoms with Crippen LogP contribution in [0.4, 0.5) is 0 Å². The number of piperidine rings is 1. The number of hydrogen-bond acceptors (Lipinski definition) is 3. The first-order valence-electron chi connectivity index (χ1n) is 8.05. The molecular formula is C18H27NOS. The molecule has 1 fully saturated rings. The van der Waals surface area contributed by atoms with Gasteiger partial charge in [-0.2, -0.15) is 11.8 Å². The van der Waals surface area contributed by atoms with Crippen LogP contribution in [0.5, 0.6) is 5.75 Å². The molecular weight excluding hydrogens is 278 g/mol. The van der Waals surface area contributed by atoms with E-state index in [1.54, 1.807) is 0 Å². The third-order valence-corrected chi connectivity index (χ3v) is 6.96. The quantitative estimate of drug-likeness (QED) is 0.922. The Labute approximate surface area is 132 Å². The molecule has 0 aromatic heterocycles. The number of aromatic hydroxyl groups is 1. The van der Waals surface area contributed by atoms with Gasteiger partial charge in [0.2, 0.25) is 0 Å². The van der Waals surface area contributed by atoms with Gasteiger partial charge in [-0.05, 0) is 60.2 Å². The molecule has 1 aromatic rings. The molecule has 1 aliphatic carbocycles. The van der Waals surface area contributed by atoms with Gasteiger partial charge in [-0.1, -0.05) is 26.8 Å². The summed E-state index contributed by atoms with van der Waals surface area (Å²) in [6, 6.07) is 6.66. The fraction of sp³-hybridized carbons (Fsp3) is 0.667. The molecule has 0 spiro atoms. The Morgan fingerprint density at radius 3 is 2.95 bits per heavy atom. The number of phenolic OH excluding ortho intramolecular Hbond substituents is 1. The zero-order valence-electron chi connectivity index (χ0n) is 13.6. The molecule has 1 heterocycles. The number of hydrogen-bond donors (Lipinski definition) is 1. The largest absolute Gasteiger partial charge is 0.508 e. The maximum atomic E-state index is 9.88. The van der Waals surface area contributed by atoms with Crippen molar-refractivity contribution in [3.63, 3.8) is 0 Å². The lowest BCUT2D eigenvalue weighted by Gasteiger charge is -2.55. The van der Waals surface area contributed by atoms with E-state index in [2.05, 4.69) is 38.0 Å². The molecule has 1 aromatic carbocycles. The molecule has 1 N–H and O–H groups in total. The molecule has 0 saturated carbocycles. The average molecular weight is 305 g/mol. The summed E-state index contributed by atoms with van der Waals surface area (Å²) in [5.41, 5.74) is 3.06. The first-order chi connectivity index (χ1) is 9.95. The monoisotopic (exact) mass is 305 g/mol. The average Bonchev–Trinajstić information content (AvgIpc) is 2.46. The number of likely N-dealkylation sites (tertiary alicyclic amines) is 1. The van der Waals surface area contributed by atoms with Crippen molar-refractivity contribution in [1.82, 2.24) is 4.90 Å². The molecule has 116 valence electrons. The maximum Gasteiger partial charge on any atom is 0.115 e. The third-order valence-electron chi connectivity index (χ3n) is 6.00. The standard InChI is InChI=1S/C18H27NOS/c1-12(21-4)11-19-8-7-18(3)13(2)17(19)9-14-5-6-15(20)10-16(14)18/h5-6,10,12-13,17,20H,7-9,11H2,1-4H3/t12-,13-,17-,18-/m1/s1. The minimum Gasteiger partial charge on any atom is -0.508 e. The molecule has 0 radical (unpaired) electrons.